The summed E-state index contributed by atoms with van der Waals surface area (Å²) < 4.78 is 0. The molecule has 16 heavy (non-hydrogen) atoms. The highest BCUT2D eigenvalue weighted by atomic mass is 16.3. The van der Waals surface area contributed by atoms with E-state index in [1.54, 1.807) is 0 Å². The lowest BCUT2D eigenvalue weighted by molar-refractivity contribution is 0.233. The van der Waals surface area contributed by atoms with Crippen molar-refractivity contribution in [1.82, 2.24) is 5.32 Å². The summed E-state index contributed by atoms with van der Waals surface area (Å²) in [6.07, 6.45) is 9.36. The molecule has 2 rings (SSSR count). The molecule has 0 saturated heterocycles. The minimum absolute atomic E-state index is 0.342. The van der Waals surface area contributed by atoms with Gasteiger partial charge >= 0.3 is 0 Å². The predicted molar refractivity (Wildman–Crippen MR) is 67.3 cm³/mol. The van der Waals surface area contributed by atoms with E-state index < -0.39 is 0 Å². The van der Waals surface area contributed by atoms with Crippen LogP contribution in [0.2, 0.25) is 0 Å². The molecule has 0 aliphatic heterocycles. The Morgan fingerprint density at radius 2 is 2.06 bits per heavy atom. The van der Waals surface area contributed by atoms with Gasteiger partial charge in [-0.1, -0.05) is 19.8 Å². The summed E-state index contributed by atoms with van der Waals surface area (Å²) >= 11 is 0. The van der Waals surface area contributed by atoms with E-state index in [0.29, 0.717) is 12.6 Å². The van der Waals surface area contributed by atoms with Gasteiger partial charge in [0.05, 0.1) is 0 Å². The van der Waals surface area contributed by atoms with Gasteiger partial charge in [-0.05, 0) is 56.4 Å². The van der Waals surface area contributed by atoms with Crippen LogP contribution in [0.4, 0.5) is 0 Å². The molecule has 2 heteroatoms. The van der Waals surface area contributed by atoms with Crippen LogP contribution in [0.15, 0.2) is 0 Å². The second kappa shape index (κ2) is 6.02. The largest absolute Gasteiger partial charge is 0.396 e. The monoisotopic (exact) mass is 225 g/mol. The Hall–Kier alpha value is -0.0800. The van der Waals surface area contributed by atoms with Crippen LogP contribution in [0, 0.1) is 17.8 Å². The zero-order valence-electron chi connectivity index (χ0n) is 10.6. The summed E-state index contributed by atoms with van der Waals surface area (Å²) in [4.78, 5) is 0. The zero-order chi connectivity index (χ0) is 11.4. The van der Waals surface area contributed by atoms with Crippen molar-refractivity contribution in [2.24, 2.45) is 17.8 Å². The second-order valence-corrected chi connectivity index (χ2v) is 6.00. The fourth-order valence-electron chi connectivity index (χ4n) is 3.21. The van der Waals surface area contributed by atoms with Gasteiger partial charge in [0.1, 0.15) is 0 Å². The lowest BCUT2D eigenvalue weighted by Crippen LogP contribution is -2.37. The molecule has 2 aliphatic rings. The Labute approximate surface area is 99.8 Å². The van der Waals surface area contributed by atoms with Crippen LogP contribution in [-0.4, -0.2) is 24.3 Å². The van der Waals surface area contributed by atoms with Crippen LogP contribution in [0.5, 0.6) is 0 Å². The smallest absolute Gasteiger partial charge is 0.0445 e. The lowest BCUT2D eigenvalue weighted by Gasteiger charge is -2.28. The van der Waals surface area contributed by atoms with Crippen LogP contribution in [0.3, 0.4) is 0 Å². The topological polar surface area (TPSA) is 32.3 Å². The predicted octanol–water partition coefficient (Wildman–Crippen LogP) is 2.56. The fraction of sp³-hybridized carbons (Fsp3) is 1.00. The summed E-state index contributed by atoms with van der Waals surface area (Å²) in [6.45, 7) is 3.92. The molecule has 0 aromatic carbocycles. The highest BCUT2D eigenvalue weighted by Crippen LogP contribution is 2.34. The second-order valence-electron chi connectivity index (χ2n) is 6.00. The summed E-state index contributed by atoms with van der Waals surface area (Å²) in [6, 6.07) is 0.599. The summed E-state index contributed by atoms with van der Waals surface area (Å²) in [5, 5.41) is 12.8. The molecule has 0 aromatic rings. The zero-order valence-corrected chi connectivity index (χ0v) is 10.6. The average Bonchev–Trinajstić information content (AvgIpc) is 3.08. The Morgan fingerprint density at radius 1 is 1.25 bits per heavy atom. The van der Waals surface area contributed by atoms with Crippen LogP contribution >= 0.6 is 0 Å². The van der Waals surface area contributed by atoms with Crippen LogP contribution in [0.1, 0.15) is 51.9 Å². The Kier molecular flexibility index (Phi) is 4.66. The Morgan fingerprint density at radius 3 is 2.69 bits per heavy atom. The fourth-order valence-corrected chi connectivity index (χ4v) is 3.21. The molecule has 2 aliphatic carbocycles. The third kappa shape index (κ3) is 3.74. The first-order valence-electron chi connectivity index (χ1n) is 7.14. The van der Waals surface area contributed by atoms with Crippen LogP contribution in [-0.2, 0) is 0 Å². The maximum Gasteiger partial charge on any atom is 0.0445 e. The third-order valence-electron chi connectivity index (χ3n) is 4.34. The minimum Gasteiger partial charge on any atom is -0.396 e. The Balaban J connectivity index is 1.67. The molecule has 2 saturated carbocycles. The first-order chi connectivity index (χ1) is 7.79. The standard InChI is InChI=1S/C14H27NO/c1-11-3-2-4-12(9-11)10-15-14(7-8-16)13-5-6-13/h11-16H,2-10H2,1H3. The average molecular weight is 225 g/mol. The molecule has 0 aromatic heterocycles. The molecule has 0 radical (unpaired) electrons. The molecule has 0 heterocycles. The first-order valence-corrected chi connectivity index (χ1v) is 7.14. The number of hydrogen-bond donors (Lipinski definition) is 2. The van der Waals surface area contributed by atoms with Crippen molar-refractivity contribution in [1.29, 1.82) is 0 Å². The summed E-state index contributed by atoms with van der Waals surface area (Å²) in [5.74, 6) is 2.69. The van der Waals surface area contributed by atoms with E-state index in [1.807, 2.05) is 0 Å². The molecule has 3 atom stereocenters. The van der Waals surface area contributed by atoms with Gasteiger partial charge in [0.15, 0.2) is 0 Å². The van der Waals surface area contributed by atoms with Gasteiger partial charge < -0.3 is 10.4 Å². The normalized spacial score (nSPS) is 32.6. The van der Waals surface area contributed by atoms with E-state index in [9.17, 15) is 0 Å². The van der Waals surface area contributed by atoms with Gasteiger partial charge in [-0.15, -0.1) is 0 Å². The van der Waals surface area contributed by atoms with E-state index in [2.05, 4.69) is 12.2 Å². The summed E-state index contributed by atoms with van der Waals surface area (Å²) in [5.41, 5.74) is 0. The highest BCUT2D eigenvalue weighted by Gasteiger charge is 2.31. The SMILES string of the molecule is CC1CCCC(CNC(CCO)C2CC2)C1. The molecular weight excluding hydrogens is 198 g/mol. The molecule has 0 spiro atoms. The van der Waals surface area contributed by atoms with Crippen molar-refractivity contribution in [3.05, 3.63) is 0 Å². The van der Waals surface area contributed by atoms with Crippen molar-refractivity contribution in [2.45, 2.75) is 57.9 Å². The third-order valence-corrected chi connectivity index (χ3v) is 4.34. The lowest BCUT2D eigenvalue weighted by atomic mass is 9.82. The van der Waals surface area contributed by atoms with Gasteiger partial charge in [0, 0.05) is 12.6 Å². The molecule has 2 N–H and O–H groups in total. The number of nitrogens with one attached hydrogen (secondary N) is 1. The van der Waals surface area contributed by atoms with Crippen molar-refractivity contribution in [2.75, 3.05) is 13.2 Å². The van der Waals surface area contributed by atoms with E-state index in [4.69, 9.17) is 5.11 Å². The molecule has 94 valence electrons. The van der Waals surface area contributed by atoms with Crippen molar-refractivity contribution >= 4 is 0 Å². The first kappa shape index (κ1) is 12.4. The van der Waals surface area contributed by atoms with Gasteiger partial charge in [0.2, 0.25) is 0 Å². The van der Waals surface area contributed by atoms with Gasteiger partial charge in [-0.25, -0.2) is 0 Å². The van der Waals surface area contributed by atoms with Crippen LogP contribution in [0.25, 0.3) is 0 Å². The molecular formula is C14H27NO. The maximum absolute atomic E-state index is 9.05. The van der Waals surface area contributed by atoms with E-state index >= 15 is 0 Å². The highest BCUT2D eigenvalue weighted by molar-refractivity contribution is 4.87. The number of aliphatic hydroxyl groups is 1. The van der Waals surface area contributed by atoms with Gasteiger partial charge in [-0.3, -0.25) is 0 Å². The van der Waals surface area contributed by atoms with E-state index in [-0.39, 0.29) is 0 Å². The quantitative estimate of drug-likeness (QED) is 0.728. The van der Waals surface area contributed by atoms with Gasteiger partial charge in [-0.2, -0.15) is 0 Å². The molecule has 2 nitrogen and oxygen atoms in total. The molecule has 2 fully saturated rings. The van der Waals surface area contributed by atoms with Gasteiger partial charge in [0.25, 0.3) is 0 Å². The van der Waals surface area contributed by atoms with E-state index in [0.717, 1.165) is 24.2 Å². The van der Waals surface area contributed by atoms with E-state index in [1.165, 1.54) is 45.1 Å². The van der Waals surface area contributed by atoms with Crippen molar-refractivity contribution in [3.8, 4) is 0 Å². The molecule has 0 bridgehead atoms. The molecule has 3 unspecified atom stereocenters. The minimum atomic E-state index is 0.342. The number of rotatable bonds is 6. The summed E-state index contributed by atoms with van der Waals surface area (Å²) in [7, 11) is 0. The maximum atomic E-state index is 9.05. The Bertz CT molecular complexity index is 203. The van der Waals surface area contributed by atoms with Crippen molar-refractivity contribution < 1.29 is 5.11 Å². The molecule has 0 amide bonds. The number of aliphatic hydroxyl groups excluding tert-OH is 1. The number of hydrogen-bond acceptors (Lipinski definition) is 2. The van der Waals surface area contributed by atoms with Crippen LogP contribution < -0.4 is 5.32 Å². The van der Waals surface area contributed by atoms with Crippen molar-refractivity contribution in [3.63, 3.8) is 0 Å².